The molecule has 0 bridgehead atoms. The van der Waals surface area contributed by atoms with Gasteiger partial charge in [-0.25, -0.2) is 4.42 Å². The first-order valence-corrected chi connectivity index (χ1v) is 6.52. The molecule has 1 aromatic heterocycles. The predicted molar refractivity (Wildman–Crippen MR) is 76.9 cm³/mol. The van der Waals surface area contributed by atoms with Gasteiger partial charge >= 0.3 is 11.3 Å². The van der Waals surface area contributed by atoms with Crippen molar-refractivity contribution in [3.05, 3.63) is 54.1 Å². The molecule has 3 nitrogen and oxygen atoms in total. The van der Waals surface area contributed by atoms with Gasteiger partial charge in [0.2, 0.25) is 0 Å². The summed E-state index contributed by atoms with van der Waals surface area (Å²) in [7, 11) is 1.64. The average molecular weight is 265 g/mol. The molecule has 98 valence electrons. The van der Waals surface area contributed by atoms with Crippen molar-refractivity contribution in [2.75, 3.05) is 7.11 Å². The maximum Gasteiger partial charge on any atom is 0.371 e. The molecule has 0 amide bonds. The van der Waals surface area contributed by atoms with Crippen LogP contribution >= 0.6 is 0 Å². The van der Waals surface area contributed by atoms with Crippen LogP contribution in [0.5, 0.6) is 11.5 Å². The fraction of sp³-hybridized carbons (Fsp3) is 0.118. The summed E-state index contributed by atoms with van der Waals surface area (Å²) in [4.78, 5) is 0. The largest absolute Gasteiger partial charge is 0.493 e. The summed E-state index contributed by atoms with van der Waals surface area (Å²) >= 11 is 0. The number of hydrogen-bond donors (Lipinski definition) is 0. The summed E-state index contributed by atoms with van der Waals surface area (Å²) in [6.07, 6.45) is 0. The van der Waals surface area contributed by atoms with Crippen molar-refractivity contribution in [3.63, 3.8) is 0 Å². The minimum absolute atomic E-state index is 0.497. The Morgan fingerprint density at radius 3 is 2.90 bits per heavy atom. The van der Waals surface area contributed by atoms with E-state index in [0.717, 1.165) is 39.4 Å². The Bertz CT molecular complexity index is 808. The van der Waals surface area contributed by atoms with E-state index in [1.54, 1.807) is 7.11 Å². The van der Waals surface area contributed by atoms with Gasteiger partial charge in [0, 0.05) is 6.07 Å². The van der Waals surface area contributed by atoms with Crippen molar-refractivity contribution >= 4 is 11.0 Å². The average Bonchev–Trinajstić information content (AvgIpc) is 2.52. The highest BCUT2D eigenvalue weighted by atomic mass is 16.5. The maximum atomic E-state index is 6.07. The molecular formula is C17H13O3+. The first kappa shape index (κ1) is 11.3. The number of benzene rings is 2. The quantitative estimate of drug-likeness (QED) is 0.615. The van der Waals surface area contributed by atoms with Crippen LogP contribution in [0.15, 0.2) is 52.9 Å². The molecular weight excluding hydrogens is 252 g/mol. The van der Waals surface area contributed by atoms with Gasteiger partial charge in [-0.2, -0.15) is 0 Å². The van der Waals surface area contributed by atoms with Crippen molar-refractivity contribution in [2.24, 2.45) is 0 Å². The van der Waals surface area contributed by atoms with E-state index in [1.807, 2.05) is 42.5 Å². The van der Waals surface area contributed by atoms with Crippen LogP contribution < -0.4 is 9.47 Å². The lowest BCUT2D eigenvalue weighted by Gasteiger charge is -2.17. The zero-order valence-corrected chi connectivity index (χ0v) is 11.1. The van der Waals surface area contributed by atoms with E-state index in [1.165, 1.54) is 0 Å². The van der Waals surface area contributed by atoms with E-state index in [0.29, 0.717) is 6.61 Å². The second-order valence-electron chi connectivity index (χ2n) is 4.76. The number of methoxy groups -OCH3 is 1. The summed E-state index contributed by atoms with van der Waals surface area (Å²) < 4.78 is 17.3. The van der Waals surface area contributed by atoms with E-state index in [-0.39, 0.29) is 0 Å². The van der Waals surface area contributed by atoms with Gasteiger partial charge in [0.05, 0.1) is 18.1 Å². The Morgan fingerprint density at radius 2 is 2.00 bits per heavy atom. The molecule has 4 rings (SSSR count). The molecule has 0 radical (unpaired) electrons. The highest BCUT2D eigenvalue weighted by Crippen LogP contribution is 2.44. The summed E-state index contributed by atoms with van der Waals surface area (Å²) in [6, 6.07) is 16.0. The van der Waals surface area contributed by atoms with Crippen LogP contribution in [0.4, 0.5) is 0 Å². The van der Waals surface area contributed by atoms with Crippen molar-refractivity contribution in [1.82, 2.24) is 0 Å². The van der Waals surface area contributed by atoms with Crippen molar-refractivity contribution in [3.8, 4) is 22.8 Å². The van der Waals surface area contributed by atoms with Gasteiger partial charge in [0.1, 0.15) is 12.2 Å². The molecule has 0 N–H and O–H groups in total. The fourth-order valence-electron chi connectivity index (χ4n) is 2.61. The van der Waals surface area contributed by atoms with Crippen molar-refractivity contribution < 1.29 is 13.9 Å². The number of hydrogen-bond acceptors (Lipinski definition) is 2. The summed E-state index contributed by atoms with van der Waals surface area (Å²) in [5.41, 5.74) is 2.88. The van der Waals surface area contributed by atoms with Gasteiger partial charge in [0.15, 0.2) is 11.5 Å². The van der Waals surface area contributed by atoms with Crippen molar-refractivity contribution in [1.29, 1.82) is 0 Å². The SMILES string of the molecule is COc1cccc2c1OCc1cc3ccccc3[o+]c1-2. The standard InChI is InChI=1S/C17H13O3/c1-18-15-8-4-6-13-16-12(10-19-17(13)15)9-11-5-2-3-7-14(11)20-16/h2-9H,10H2,1H3/q+1. The molecule has 1 aliphatic rings. The normalized spacial score (nSPS) is 12.4. The van der Waals surface area contributed by atoms with Gasteiger partial charge < -0.3 is 9.47 Å². The second kappa shape index (κ2) is 4.23. The molecule has 0 aliphatic carbocycles. The molecule has 0 saturated carbocycles. The smallest absolute Gasteiger partial charge is 0.371 e. The van der Waals surface area contributed by atoms with Gasteiger partial charge in [-0.05, 0) is 24.3 Å². The minimum Gasteiger partial charge on any atom is -0.493 e. The van der Waals surface area contributed by atoms with Crippen LogP contribution in [0.3, 0.4) is 0 Å². The molecule has 2 heterocycles. The fourth-order valence-corrected chi connectivity index (χ4v) is 2.61. The van der Waals surface area contributed by atoms with E-state index >= 15 is 0 Å². The Kier molecular flexibility index (Phi) is 2.39. The lowest BCUT2D eigenvalue weighted by Crippen LogP contribution is -2.06. The van der Waals surface area contributed by atoms with Crippen molar-refractivity contribution in [2.45, 2.75) is 6.61 Å². The lowest BCUT2D eigenvalue weighted by atomic mass is 10.0. The van der Waals surface area contributed by atoms with Gasteiger partial charge in [-0.1, -0.05) is 18.2 Å². The summed E-state index contributed by atoms with van der Waals surface area (Å²) in [5, 5.41) is 1.08. The minimum atomic E-state index is 0.497. The predicted octanol–water partition coefficient (Wildman–Crippen LogP) is 4.28. The molecule has 0 atom stereocenters. The number of para-hydroxylation sites is 2. The molecule has 0 saturated heterocycles. The van der Waals surface area contributed by atoms with Crippen LogP contribution in [0, 0.1) is 0 Å². The molecule has 1 aliphatic heterocycles. The van der Waals surface area contributed by atoms with Crippen LogP contribution in [-0.4, -0.2) is 7.11 Å². The summed E-state index contributed by atoms with van der Waals surface area (Å²) in [5.74, 6) is 2.35. The third-order valence-electron chi connectivity index (χ3n) is 3.57. The summed E-state index contributed by atoms with van der Waals surface area (Å²) in [6.45, 7) is 0.497. The maximum absolute atomic E-state index is 6.07. The third kappa shape index (κ3) is 1.56. The number of fused-ring (bicyclic) bond motifs is 4. The van der Waals surface area contributed by atoms with Crippen LogP contribution in [0.1, 0.15) is 5.56 Å². The van der Waals surface area contributed by atoms with E-state index in [2.05, 4.69) is 6.07 Å². The van der Waals surface area contributed by atoms with E-state index < -0.39 is 0 Å². The molecule has 3 heteroatoms. The van der Waals surface area contributed by atoms with Gasteiger partial charge in [-0.3, -0.25) is 0 Å². The third-order valence-corrected chi connectivity index (χ3v) is 3.57. The lowest BCUT2D eigenvalue weighted by molar-refractivity contribution is 0.276. The van der Waals surface area contributed by atoms with Gasteiger partial charge in [-0.15, -0.1) is 0 Å². The zero-order chi connectivity index (χ0) is 13.5. The van der Waals surface area contributed by atoms with Gasteiger partial charge in [0.25, 0.3) is 0 Å². The Labute approximate surface area is 116 Å². The van der Waals surface area contributed by atoms with E-state index in [4.69, 9.17) is 13.9 Å². The zero-order valence-electron chi connectivity index (χ0n) is 11.1. The molecule has 3 aromatic rings. The first-order chi connectivity index (χ1) is 9.86. The number of ether oxygens (including phenoxy) is 2. The highest BCUT2D eigenvalue weighted by molar-refractivity contribution is 5.83. The molecule has 20 heavy (non-hydrogen) atoms. The van der Waals surface area contributed by atoms with Crippen LogP contribution in [-0.2, 0) is 6.61 Å². The molecule has 0 unspecified atom stereocenters. The Balaban J connectivity index is 2.02. The van der Waals surface area contributed by atoms with Crippen LogP contribution in [0.2, 0.25) is 0 Å². The molecule has 0 fully saturated rings. The number of rotatable bonds is 1. The Hall–Kier alpha value is -2.55. The molecule has 0 spiro atoms. The van der Waals surface area contributed by atoms with Crippen LogP contribution in [0.25, 0.3) is 22.3 Å². The molecule has 2 aromatic carbocycles. The first-order valence-electron chi connectivity index (χ1n) is 6.52. The topological polar surface area (TPSA) is 29.8 Å². The van der Waals surface area contributed by atoms with E-state index in [9.17, 15) is 0 Å². The second-order valence-corrected chi connectivity index (χ2v) is 4.76. The monoisotopic (exact) mass is 265 g/mol. The Morgan fingerprint density at radius 1 is 1.10 bits per heavy atom. The highest BCUT2D eigenvalue weighted by Gasteiger charge is 2.31.